The standard InChI is InChI=1S/C20H26FN3O/c1-5-20(2,3)23-18(25)14-24(4)19(17-11-6-7-12-22-17)15-9-8-10-16(21)13-15/h6-13,19H,5,14H2,1-4H3,(H,23,25)/t19-/m0/s1. The van der Waals surface area contributed by atoms with Crippen LogP contribution in [0.5, 0.6) is 0 Å². The molecule has 1 amide bonds. The van der Waals surface area contributed by atoms with Gasteiger partial charge in [-0.05, 0) is 57.1 Å². The van der Waals surface area contributed by atoms with E-state index >= 15 is 0 Å². The van der Waals surface area contributed by atoms with Crippen molar-refractivity contribution in [3.8, 4) is 0 Å². The van der Waals surface area contributed by atoms with Crippen molar-refractivity contribution in [3.05, 3.63) is 65.7 Å². The van der Waals surface area contributed by atoms with Gasteiger partial charge in [0.15, 0.2) is 0 Å². The van der Waals surface area contributed by atoms with E-state index in [1.54, 1.807) is 12.3 Å². The quantitative estimate of drug-likeness (QED) is 0.836. The molecule has 1 atom stereocenters. The predicted octanol–water partition coefficient (Wildman–Crippen LogP) is 3.55. The minimum Gasteiger partial charge on any atom is -0.350 e. The van der Waals surface area contributed by atoms with Crippen molar-refractivity contribution < 1.29 is 9.18 Å². The van der Waals surface area contributed by atoms with Gasteiger partial charge in [0, 0.05) is 11.7 Å². The number of benzene rings is 1. The van der Waals surface area contributed by atoms with Crippen LogP contribution in [0.1, 0.15) is 44.5 Å². The van der Waals surface area contributed by atoms with E-state index < -0.39 is 0 Å². The van der Waals surface area contributed by atoms with E-state index in [0.717, 1.165) is 17.7 Å². The summed E-state index contributed by atoms with van der Waals surface area (Å²) in [5, 5.41) is 3.03. The first-order chi connectivity index (χ1) is 11.8. The molecule has 0 saturated carbocycles. The minimum atomic E-state index is -0.302. The lowest BCUT2D eigenvalue weighted by molar-refractivity contribution is -0.123. The second-order valence-electron chi connectivity index (χ2n) is 6.91. The summed E-state index contributed by atoms with van der Waals surface area (Å²) in [6, 6.07) is 11.7. The molecule has 0 unspecified atom stereocenters. The van der Waals surface area contributed by atoms with E-state index in [1.165, 1.54) is 12.1 Å². The second-order valence-corrected chi connectivity index (χ2v) is 6.91. The Morgan fingerprint density at radius 2 is 2.04 bits per heavy atom. The fourth-order valence-electron chi connectivity index (χ4n) is 2.69. The first-order valence-electron chi connectivity index (χ1n) is 8.50. The Kier molecular flexibility index (Phi) is 6.26. The molecule has 25 heavy (non-hydrogen) atoms. The molecule has 0 saturated heterocycles. The molecule has 1 aromatic carbocycles. The predicted molar refractivity (Wildman–Crippen MR) is 97.6 cm³/mol. The summed E-state index contributed by atoms with van der Waals surface area (Å²) >= 11 is 0. The molecular formula is C20H26FN3O. The number of carbonyl (C=O) groups excluding carboxylic acids is 1. The topological polar surface area (TPSA) is 45.2 Å². The van der Waals surface area contributed by atoms with E-state index in [0.29, 0.717) is 0 Å². The van der Waals surface area contributed by atoms with Crippen molar-refractivity contribution in [1.29, 1.82) is 0 Å². The number of hydrogen-bond acceptors (Lipinski definition) is 3. The van der Waals surface area contributed by atoms with Crippen LogP contribution >= 0.6 is 0 Å². The maximum Gasteiger partial charge on any atom is 0.234 e. The first kappa shape index (κ1) is 19.1. The third kappa shape index (κ3) is 5.36. The van der Waals surface area contributed by atoms with Gasteiger partial charge >= 0.3 is 0 Å². The van der Waals surface area contributed by atoms with Crippen molar-refractivity contribution in [2.45, 2.75) is 38.8 Å². The second kappa shape index (κ2) is 8.21. The molecule has 0 fully saturated rings. The highest BCUT2D eigenvalue weighted by Gasteiger charge is 2.25. The van der Waals surface area contributed by atoms with Crippen LogP contribution in [-0.4, -0.2) is 34.9 Å². The molecule has 2 aromatic rings. The maximum atomic E-state index is 13.7. The van der Waals surface area contributed by atoms with Gasteiger partial charge in [-0.3, -0.25) is 14.7 Å². The monoisotopic (exact) mass is 343 g/mol. The van der Waals surface area contributed by atoms with Crippen molar-refractivity contribution in [2.75, 3.05) is 13.6 Å². The molecule has 0 spiro atoms. The van der Waals surface area contributed by atoms with Crippen molar-refractivity contribution in [1.82, 2.24) is 15.2 Å². The van der Waals surface area contributed by atoms with E-state index in [-0.39, 0.29) is 29.8 Å². The number of hydrogen-bond donors (Lipinski definition) is 1. The van der Waals surface area contributed by atoms with Gasteiger partial charge < -0.3 is 5.32 Å². The SMILES string of the molecule is CCC(C)(C)NC(=O)CN(C)[C@@H](c1cccc(F)c1)c1ccccn1. The number of rotatable bonds is 7. The molecule has 0 aliphatic carbocycles. The number of nitrogens with zero attached hydrogens (tertiary/aromatic N) is 2. The number of carbonyl (C=O) groups is 1. The van der Waals surface area contributed by atoms with Gasteiger partial charge in [0.25, 0.3) is 0 Å². The van der Waals surface area contributed by atoms with Crippen LogP contribution in [0.3, 0.4) is 0 Å². The summed E-state index contributed by atoms with van der Waals surface area (Å²) in [7, 11) is 1.85. The summed E-state index contributed by atoms with van der Waals surface area (Å²) in [6.45, 7) is 6.22. The molecule has 0 bridgehead atoms. The van der Waals surface area contributed by atoms with Crippen LogP contribution in [0.2, 0.25) is 0 Å². The van der Waals surface area contributed by atoms with E-state index in [4.69, 9.17) is 0 Å². The molecule has 1 aromatic heterocycles. The van der Waals surface area contributed by atoms with Crippen molar-refractivity contribution >= 4 is 5.91 Å². The Bertz CT molecular complexity index is 703. The molecule has 5 heteroatoms. The zero-order valence-corrected chi connectivity index (χ0v) is 15.3. The average Bonchev–Trinajstić information content (AvgIpc) is 2.55. The highest BCUT2D eigenvalue weighted by molar-refractivity contribution is 5.78. The van der Waals surface area contributed by atoms with Crippen LogP contribution in [0.15, 0.2) is 48.7 Å². The summed E-state index contributed by atoms with van der Waals surface area (Å²) in [5.41, 5.74) is 1.29. The van der Waals surface area contributed by atoms with E-state index in [9.17, 15) is 9.18 Å². The van der Waals surface area contributed by atoms with Gasteiger partial charge in [-0.1, -0.05) is 25.1 Å². The third-order valence-corrected chi connectivity index (χ3v) is 4.33. The van der Waals surface area contributed by atoms with E-state index in [2.05, 4.69) is 10.3 Å². The Balaban J connectivity index is 2.25. The average molecular weight is 343 g/mol. The lowest BCUT2D eigenvalue weighted by atomic mass is 10.0. The fraction of sp³-hybridized carbons (Fsp3) is 0.400. The van der Waals surface area contributed by atoms with Crippen molar-refractivity contribution in [3.63, 3.8) is 0 Å². The van der Waals surface area contributed by atoms with Gasteiger partial charge in [0.05, 0.1) is 18.3 Å². The normalized spacial score (nSPS) is 12.9. The van der Waals surface area contributed by atoms with Crippen molar-refractivity contribution in [2.24, 2.45) is 0 Å². The highest BCUT2D eigenvalue weighted by atomic mass is 19.1. The third-order valence-electron chi connectivity index (χ3n) is 4.33. The zero-order valence-electron chi connectivity index (χ0n) is 15.3. The Morgan fingerprint density at radius 3 is 2.64 bits per heavy atom. The summed E-state index contributed by atoms with van der Waals surface area (Å²) < 4.78 is 13.7. The van der Waals surface area contributed by atoms with Gasteiger partial charge in [0.1, 0.15) is 5.82 Å². The molecule has 0 aliphatic heterocycles. The summed E-state index contributed by atoms with van der Waals surface area (Å²) in [5.74, 6) is -0.366. The number of aromatic nitrogens is 1. The summed E-state index contributed by atoms with van der Waals surface area (Å²) in [6.07, 6.45) is 2.55. The molecular weight excluding hydrogens is 317 g/mol. The highest BCUT2D eigenvalue weighted by Crippen LogP contribution is 2.26. The minimum absolute atomic E-state index is 0.0633. The van der Waals surface area contributed by atoms with Crippen LogP contribution < -0.4 is 5.32 Å². The lowest BCUT2D eigenvalue weighted by Crippen LogP contribution is -2.47. The molecule has 1 N–H and O–H groups in total. The summed E-state index contributed by atoms with van der Waals surface area (Å²) in [4.78, 5) is 18.7. The molecule has 0 radical (unpaired) electrons. The van der Waals surface area contributed by atoms with E-state index in [1.807, 2.05) is 57.0 Å². The van der Waals surface area contributed by atoms with Crippen LogP contribution in [0.4, 0.5) is 4.39 Å². The fourth-order valence-corrected chi connectivity index (χ4v) is 2.69. The Hall–Kier alpha value is -2.27. The van der Waals surface area contributed by atoms with Gasteiger partial charge in [-0.25, -0.2) is 4.39 Å². The van der Waals surface area contributed by atoms with Crippen LogP contribution in [0, 0.1) is 5.82 Å². The molecule has 0 aliphatic rings. The molecule has 1 heterocycles. The maximum absolute atomic E-state index is 13.7. The number of nitrogens with one attached hydrogen (secondary N) is 1. The van der Waals surface area contributed by atoms with Crippen LogP contribution in [0.25, 0.3) is 0 Å². The largest absolute Gasteiger partial charge is 0.350 e. The first-order valence-corrected chi connectivity index (χ1v) is 8.50. The van der Waals surface area contributed by atoms with Gasteiger partial charge in [-0.2, -0.15) is 0 Å². The van der Waals surface area contributed by atoms with Gasteiger partial charge in [-0.15, -0.1) is 0 Å². The number of amides is 1. The Labute approximate surface area is 149 Å². The van der Waals surface area contributed by atoms with Gasteiger partial charge in [0.2, 0.25) is 5.91 Å². The smallest absolute Gasteiger partial charge is 0.234 e. The zero-order chi connectivity index (χ0) is 18.4. The number of pyridine rings is 1. The lowest BCUT2D eigenvalue weighted by Gasteiger charge is -2.30. The molecule has 4 nitrogen and oxygen atoms in total. The number of likely N-dealkylation sites (N-methyl/N-ethyl adjacent to an activating group) is 1. The Morgan fingerprint density at radius 1 is 1.28 bits per heavy atom. The molecule has 134 valence electrons. The number of halogens is 1. The van der Waals surface area contributed by atoms with Crippen LogP contribution in [-0.2, 0) is 4.79 Å². The molecule has 2 rings (SSSR count).